The lowest BCUT2D eigenvalue weighted by Crippen LogP contribution is -2.16. The topological polar surface area (TPSA) is 17.1 Å². The number of carbonyl (C=O) groups excluding carboxylic acids is 1. The largest absolute Gasteiger partial charge is 0.418 e. The van der Waals surface area contributed by atoms with Crippen molar-refractivity contribution in [2.75, 3.05) is 0 Å². The molecule has 0 saturated heterocycles. The molecule has 0 unspecified atom stereocenters. The Bertz CT molecular complexity index is 813. The highest BCUT2D eigenvalue weighted by Crippen LogP contribution is 2.41. The van der Waals surface area contributed by atoms with E-state index in [1.807, 2.05) is 0 Å². The van der Waals surface area contributed by atoms with E-state index in [-0.39, 0.29) is 11.1 Å². The van der Waals surface area contributed by atoms with Gasteiger partial charge in [-0.2, -0.15) is 26.3 Å². The third-order valence-electron chi connectivity index (χ3n) is 3.88. The number of benzene rings is 2. The van der Waals surface area contributed by atoms with Crippen LogP contribution >= 0.6 is 23.2 Å². The molecular formula is C17H10Cl2F6O. The first-order valence-corrected chi connectivity index (χ1v) is 7.79. The highest BCUT2D eigenvalue weighted by Gasteiger charge is 2.38. The van der Waals surface area contributed by atoms with Gasteiger partial charge in [-0.3, -0.25) is 4.79 Å². The third kappa shape index (κ3) is 3.69. The second-order valence-electron chi connectivity index (χ2n) is 5.51. The first-order chi connectivity index (χ1) is 11.8. The van der Waals surface area contributed by atoms with Gasteiger partial charge in [0.1, 0.15) is 0 Å². The third-order valence-corrected chi connectivity index (χ3v) is 4.51. The fraction of sp³-hybridized carbons (Fsp3) is 0.235. The van der Waals surface area contributed by atoms with Crippen molar-refractivity contribution < 1.29 is 31.1 Å². The van der Waals surface area contributed by atoms with Gasteiger partial charge < -0.3 is 0 Å². The molecule has 0 aromatic heterocycles. The van der Waals surface area contributed by atoms with E-state index in [1.165, 1.54) is 0 Å². The first kappa shape index (κ1) is 20.6. The van der Waals surface area contributed by atoms with Crippen LogP contribution in [0.3, 0.4) is 0 Å². The van der Waals surface area contributed by atoms with E-state index in [1.54, 1.807) is 0 Å². The van der Waals surface area contributed by atoms with Crippen molar-refractivity contribution >= 4 is 29.0 Å². The van der Waals surface area contributed by atoms with Crippen molar-refractivity contribution in [3.63, 3.8) is 0 Å². The van der Waals surface area contributed by atoms with Crippen molar-refractivity contribution in [3.05, 3.63) is 67.7 Å². The summed E-state index contributed by atoms with van der Waals surface area (Å²) in [4.78, 5) is 12.6. The van der Waals surface area contributed by atoms with Crippen molar-refractivity contribution in [2.24, 2.45) is 0 Å². The summed E-state index contributed by atoms with van der Waals surface area (Å²) in [5.41, 5.74) is -4.10. The van der Waals surface area contributed by atoms with Crippen LogP contribution in [0.15, 0.2) is 24.3 Å². The highest BCUT2D eigenvalue weighted by molar-refractivity contribution is 6.32. The van der Waals surface area contributed by atoms with Crippen molar-refractivity contribution in [2.45, 2.75) is 26.2 Å². The van der Waals surface area contributed by atoms with Gasteiger partial charge in [-0.1, -0.05) is 23.2 Å². The van der Waals surface area contributed by atoms with Gasteiger partial charge in [-0.15, -0.1) is 0 Å². The summed E-state index contributed by atoms with van der Waals surface area (Å²) in [5.74, 6) is -0.982. The number of hydrogen-bond donors (Lipinski definition) is 0. The standard InChI is InChI=1S/C17H10Cl2F6O/c1-7-9(3-5-11(18)13(7)16(20,21)22)15(26)10-4-6-12(19)14(8(10)2)17(23,24)25/h3-6H,1-2H3. The van der Waals surface area contributed by atoms with E-state index >= 15 is 0 Å². The molecule has 2 rings (SSSR count). The summed E-state index contributed by atoms with van der Waals surface area (Å²) >= 11 is 11.2. The fourth-order valence-electron chi connectivity index (χ4n) is 2.69. The lowest BCUT2D eigenvalue weighted by molar-refractivity contribution is -0.138. The van der Waals surface area contributed by atoms with Gasteiger partial charge in [-0.05, 0) is 49.2 Å². The molecule has 9 heteroatoms. The Hall–Kier alpha value is -1.73. The highest BCUT2D eigenvalue weighted by atomic mass is 35.5. The van der Waals surface area contributed by atoms with E-state index in [4.69, 9.17) is 23.2 Å². The predicted octanol–water partition coefficient (Wildman–Crippen LogP) is 6.88. The van der Waals surface area contributed by atoms with Gasteiger partial charge in [0.25, 0.3) is 0 Å². The minimum absolute atomic E-state index is 0.389. The number of hydrogen-bond acceptors (Lipinski definition) is 1. The minimum atomic E-state index is -4.82. The lowest BCUT2D eigenvalue weighted by atomic mass is 9.91. The molecule has 2 aromatic rings. The average Bonchev–Trinajstić information content (AvgIpc) is 2.43. The van der Waals surface area contributed by atoms with Crippen LogP contribution in [0.2, 0.25) is 10.0 Å². The molecule has 0 aliphatic carbocycles. The molecule has 26 heavy (non-hydrogen) atoms. The van der Waals surface area contributed by atoms with Crippen LogP contribution < -0.4 is 0 Å². The molecule has 0 atom stereocenters. The first-order valence-electron chi connectivity index (χ1n) is 7.04. The molecule has 0 aliphatic rings. The molecule has 0 radical (unpaired) electrons. The smallest absolute Gasteiger partial charge is 0.289 e. The molecule has 1 nitrogen and oxygen atoms in total. The summed E-state index contributed by atoms with van der Waals surface area (Å²) in [6, 6.07) is 3.88. The maximum atomic E-state index is 13.1. The summed E-state index contributed by atoms with van der Waals surface area (Å²) in [6.07, 6.45) is -9.63. The predicted molar refractivity (Wildman–Crippen MR) is 85.8 cm³/mol. The number of rotatable bonds is 2. The van der Waals surface area contributed by atoms with Crippen LogP contribution in [0.1, 0.15) is 38.2 Å². The van der Waals surface area contributed by atoms with E-state index in [2.05, 4.69) is 0 Å². The SMILES string of the molecule is Cc1c(C(=O)c2ccc(Cl)c(C(F)(F)F)c2C)ccc(Cl)c1C(F)(F)F. The molecule has 140 valence electrons. The molecule has 0 bridgehead atoms. The van der Waals surface area contributed by atoms with Gasteiger partial charge in [0.05, 0.1) is 21.2 Å². The van der Waals surface area contributed by atoms with E-state index in [0.29, 0.717) is 0 Å². The minimum Gasteiger partial charge on any atom is -0.289 e. The summed E-state index contributed by atoms with van der Waals surface area (Å²) in [7, 11) is 0. The Balaban J connectivity index is 2.69. The van der Waals surface area contributed by atoms with E-state index < -0.39 is 50.4 Å². The lowest BCUT2D eigenvalue weighted by Gasteiger charge is -2.18. The normalized spacial score (nSPS) is 12.4. The molecule has 0 spiro atoms. The molecule has 0 N–H and O–H groups in total. The quantitative estimate of drug-likeness (QED) is 0.386. The van der Waals surface area contributed by atoms with Gasteiger partial charge in [0, 0.05) is 11.1 Å². The van der Waals surface area contributed by atoms with Crippen molar-refractivity contribution in [1.29, 1.82) is 0 Å². The van der Waals surface area contributed by atoms with Gasteiger partial charge in [-0.25, -0.2) is 0 Å². The maximum absolute atomic E-state index is 13.1. The van der Waals surface area contributed by atoms with Crippen molar-refractivity contribution in [3.8, 4) is 0 Å². The Kier molecular flexibility index (Phi) is 5.36. The van der Waals surface area contributed by atoms with Crippen LogP contribution in [0.4, 0.5) is 26.3 Å². The Morgan fingerprint density at radius 3 is 1.31 bits per heavy atom. The van der Waals surface area contributed by atoms with Gasteiger partial charge in [0.2, 0.25) is 0 Å². The monoisotopic (exact) mass is 414 g/mol. The maximum Gasteiger partial charge on any atom is 0.418 e. The van der Waals surface area contributed by atoms with Crippen LogP contribution in [0.5, 0.6) is 0 Å². The fourth-order valence-corrected chi connectivity index (χ4v) is 3.31. The Morgan fingerprint density at radius 2 is 1.04 bits per heavy atom. The molecular weight excluding hydrogens is 405 g/mol. The molecule has 0 aliphatic heterocycles. The number of ketones is 1. The molecule has 0 saturated carbocycles. The van der Waals surface area contributed by atoms with Gasteiger partial charge >= 0.3 is 12.4 Å². The van der Waals surface area contributed by atoms with Crippen LogP contribution in [0.25, 0.3) is 0 Å². The zero-order valence-electron chi connectivity index (χ0n) is 13.2. The average molecular weight is 415 g/mol. The van der Waals surface area contributed by atoms with Crippen LogP contribution in [0, 0.1) is 13.8 Å². The molecule has 0 heterocycles. The van der Waals surface area contributed by atoms with Crippen LogP contribution in [-0.4, -0.2) is 5.78 Å². The van der Waals surface area contributed by atoms with Crippen LogP contribution in [-0.2, 0) is 12.4 Å². The molecule has 2 aromatic carbocycles. The Morgan fingerprint density at radius 1 is 0.731 bits per heavy atom. The molecule has 0 fully saturated rings. The summed E-state index contributed by atoms with van der Waals surface area (Å²) < 4.78 is 78.9. The number of alkyl halides is 6. The summed E-state index contributed by atoms with van der Waals surface area (Å²) in [6.45, 7) is 2.08. The zero-order chi connectivity index (χ0) is 20.0. The number of halogens is 8. The van der Waals surface area contributed by atoms with Crippen molar-refractivity contribution in [1.82, 2.24) is 0 Å². The zero-order valence-corrected chi connectivity index (χ0v) is 14.8. The second kappa shape index (κ2) is 6.78. The number of carbonyl (C=O) groups is 1. The van der Waals surface area contributed by atoms with E-state index in [0.717, 1.165) is 38.1 Å². The molecule has 0 amide bonds. The van der Waals surface area contributed by atoms with E-state index in [9.17, 15) is 31.1 Å². The summed E-state index contributed by atoms with van der Waals surface area (Å²) in [5, 5.41) is -1.20. The Labute approximate surface area is 154 Å². The second-order valence-corrected chi connectivity index (χ2v) is 6.33. The van der Waals surface area contributed by atoms with Gasteiger partial charge in [0.15, 0.2) is 5.78 Å².